The maximum atomic E-state index is 14.1. The number of aliphatic hydroxyl groups excluding tert-OH is 1. The van der Waals surface area contributed by atoms with Crippen molar-refractivity contribution in [3.63, 3.8) is 0 Å². The van der Waals surface area contributed by atoms with Crippen LogP contribution in [0.5, 0.6) is 0 Å². The Morgan fingerprint density at radius 3 is 2.56 bits per heavy atom. The molecule has 1 aliphatic rings. The number of halogens is 1. The first kappa shape index (κ1) is 36.4. The van der Waals surface area contributed by atoms with E-state index in [1.807, 2.05) is 41.5 Å². The molecule has 0 fully saturated rings. The molecule has 2 heterocycles. The third-order valence-corrected chi connectivity index (χ3v) is 7.26. The predicted molar refractivity (Wildman–Crippen MR) is 169 cm³/mol. The van der Waals surface area contributed by atoms with Crippen LogP contribution in [-0.4, -0.2) is 53.9 Å². The van der Waals surface area contributed by atoms with E-state index in [1.165, 1.54) is 12.1 Å². The number of H-pyrrole nitrogens is 1. The second-order valence-electron chi connectivity index (χ2n) is 8.60. The van der Waals surface area contributed by atoms with E-state index in [-0.39, 0.29) is 39.8 Å². The number of aryl methyl sites for hydroxylation is 1. The molecule has 2 atom stereocenters. The Hall–Kier alpha value is -2.62. The maximum absolute atomic E-state index is 14.1. The summed E-state index contributed by atoms with van der Waals surface area (Å²) in [5.41, 5.74) is 4.17. The van der Waals surface area contributed by atoms with E-state index in [0.717, 1.165) is 35.7 Å². The highest BCUT2D eigenvalue weighted by molar-refractivity contribution is 7.99. The summed E-state index contributed by atoms with van der Waals surface area (Å²) in [4.78, 5) is 29.2. The number of aromatic amines is 1. The van der Waals surface area contributed by atoms with E-state index < -0.39 is 5.92 Å². The Bertz CT molecular complexity index is 1050. The smallest absolute Gasteiger partial charge is 0.253 e. The topological polar surface area (TPSA) is 106 Å². The number of aromatic nitrogens is 1. The average molecular weight is 569 g/mol. The molecule has 0 spiro atoms. The van der Waals surface area contributed by atoms with Crippen LogP contribution in [0.3, 0.4) is 0 Å². The largest absolute Gasteiger partial charge is 0.396 e. The SMILES string of the molecule is C.C=CC.CC.CCNCCNC(=O)c1c(C)[nH]c(C(SCCCCO)C2C(=O)Nc3ccc(F)cc32)c1C.[HH].[HH]. The molecule has 1 aromatic heterocycles. The summed E-state index contributed by atoms with van der Waals surface area (Å²) in [5.74, 6) is -0.590. The fourth-order valence-electron chi connectivity index (χ4n) is 4.26. The first-order valence-corrected chi connectivity index (χ1v) is 14.4. The van der Waals surface area contributed by atoms with Crippen molar-refractivity contribution in [2.45, 2.75) is 73.0 Å². The van der Waals surface area contributed by atoms with Crippen LogP contribution in [0, 0.1) is 19.7 Å². The number of carbonyl (C=O) groups is 2. The zero-order valence-electron chi connectivity index (χ0n) is 23.7. The summed E-state index contributed by atoms with van der Waals surface area (Å²) in [7, 11) is 0. The van der Waals surface area contributed by atoms with Crippen molar-refractivity contribution in [3.05, 3.63) is 64.7 Å². The molecule has 0 aliphatic carbocycles. The van der Waals surface area contributed by atoms with Gasteiger partial charge in [-0.05, 0) is 75.2 Å². The molecule has 0 bridgehead atoms. The second kappa shape index (κ2) is 19.4. The third kappa shape index (κ3) is 10.1. The normalized spacial score (nSPS) is 13.9. The molecule has 1 aromatic carbocycles. The van der Waals surface area contributed by atoms with Gasteiger partial charge in [-0.25, -0.2) is 4.39 Å². The maximum Gasteiger partial charge on any atom is 0.253 e. The van der Waals surface area contributed by atoms with E-state index >= 15 is 0 Å². The van der Waals surface area contributed by atoms with Crippen molar-refractivity contribution in [2.24, 2.45) is 0 Å². The first-order chi connectivity index (χ1) is 18.3. The molecule has 0 saturated carbocycles. The Balaban J connectivity index is -0.00000169. The van der Waals surface area contributed by atoms with Gasteiger partial charge in [-0.15, -0.1) is 6.58 Å². The zero-order chi connectivity index (χ0) is 28.7. The molecule has 9 heteroatoms. The minimum atomic E-state index is -0.587. The molecule has 3 rings (SSSR count). The molecule has 224 valence electrons. The molecule has 5 N–H and O–H groups in total. The van der Waals surface area contributed by atoms with Crippen LogP contribution in [0.1, 0.15) is 94.9 Å². The van der Waals surface area contributed by atoms with Gasteiger partial charge in [0, 0.05) is 39.6 Å². The third-order valence-electron chi connectivity index (χ3n) is 5.87. The monoisotopic (exact) mass is 568 g/mol. The minimum absolute atomic E-state index is 0. The number of hydrogen-bond acceptors (Lipinski definition) is 5. The van der Waals surface area contributed by atoms with Crippen molar-refractivity contribution < 1.29 is 21.9 Å². The van der Waals surface area contributed by atoms with Gasteiger partial charge in [0.15, 0.2) is 0 Å². The number of aliphatic hydroxyl groups is 1. The summed E-state index contributed by atoms with van der Waals surface area (Å²) in [6.07, 6.45) is 3.21. The number of allylic oxidation sites excluding steroid dienone is 1. The Morgan fingerprint density at radius 2 is 1.95 bits per heavy atom. The second-order valence-corrected chi connectivity index (χ2v) is 9.85. The van der Waals surface area contributed by atoms with Crippen molar-refractivity contribution >= 4 is 29.3 Å². The molecule has 2 aromatic rings. The van der Waals surface area contributed by atoms with Gasteiger partial charge in [0.2, 0.25) is 5.91 Å². The van der Waals surface area contributed by atoms with E-state index in [4.69, 9.17) is 5.11 Å². The molecule has 0 radical (unpaired) electrons. The summed E-state index contributed by atoms with van der Waals surface area (Å²) in [6.45, 7) is 17.2. The van der Waals surface area contributed by atoms with Crippen LogP contribution in [-0.2, 0) is 4.79 Å². The van der Waals surface area contributed by atoms with Crippen LogP contribution >= 0.6 is 11.8 Å². The fourth-order valence-corrected chi connectivity index (χ4v) is 5.75. The number of thioether (sulfide) groups is 1. The quantitative estimate of drug-likeness (QED) is 0.144. The summed E-state index contributed by atoms with van der Waals surface area (Å²) >= 11 is 1.59. The number of nitrogens with one attached hydrogen (secondary N) is 4. The van der Waals surface area contributed by atoms with E-state index in [2.05, 4.69) is 27.5 Å². The molecule has 2 amide bonds. The van der Waals surface area contributed by atoms with Crippen LogP contribution in [0.15, 0.2) is 30.9 Å². The van der Waals surface area contributed by atoms with Gasteiger partial charge in [-0.2, -0.15) is 11.8 Å². The lowest BCUT2D eigenvalue weighted by molar-refractivity contribution is -0.117. The average Bonchev–Trinajstić information content (AvgIpc) is 3.38. The first-order valence-electron chi connectivity index (χ1n) is 13.4. The van der Waals surface area contributed by atoms with Crippen molar-refractivity contribution in [2.75, 3.05) is 37.3 Å². The van der Waals surface area contributed by atoms with Crippen LogP contribution in [0.2, 0.25) is 0 Å². The molecule has 2 unspecified atom stereocenters. The highest BCUT2D eigenvalue weighted by Crippen LogP contribution is 2.49. The number of anilines is 1. The van der Waals surface area contributed by atoms with Crippen LogP contribution in [0.4, 0.5) is 10.1 Å². The molecule has 0 saturated heterocycles. The lowest BCUT2D eigenvalue weighted by atomic mass is 9.93. The van der Waals surface area contributed by atoms with Crippen molar-refractivity contribution in [1.82, 2.24) is 15.6 Å². The number of fused-ring (bicyclic) bond motifs is 1. The fraction of sp³-hybridized carbons (Fsp3) is 0.533. The highest BCUT2D eigenvalue weighted by atomic mass is 32.2. The van der Waals surface area contributed by atoms with Crippen molar-refractivity contribution in [1.29, 1.82) is 0 Å². The molecule has 7 nitrogen and oxygen atoms in total. The number of rotatable bonds is 12. The van der Waals surface area contributed by atoms with E-state index in [1.54, 1.807) is 23.9 Å². The molecule has 1 aliphatic heterocycles. The Kier molecular flexibility index (Phi) is 18.1. The molecular formula is C30H53FN4O3S. The van der Waals surface area contributed by atoms with E-state index in [9.17, 15) is 14.0 Å². The highest BCUT2D eigenvalue weighted by Gasteiger charge is 2.40. The summed E-state index contributed by atoms with van der Waals surface area (Å²) < 4.78 is 14.1. The van der Waals surface area contributed by atoms with Crippen LogP contribution < -0.4 is 16.0 Å². The number of hydrogen-bond donors (Lipinski definition) is 5. The van der Waals surface area contributed by atoms with Gasteiger partial charge in [0.05, 0.1) is 16.7 Å². The predicted octanol–water partition coefficient (Wildman–Crippen LogP) is 6.74. The van der Waals surface area contributed by atoms with Crippen molar-refractivity contribution in [3.8, 4) is 0 Å². The Labute approximate surface area is 241 Å². The standard InChI is InChI=1S/C24H33FN4O3S.C3H6.C2H6.CH4.2H2/c1-4-26-9-10-27-23(31)19-14(2)21(28-15(19)3)22(33-12-6-5-11-30)20-17-13-16(25)7-8-18(17)29-24(20)32;1-3-2;1-2;;;/h7-8,13,20,22,26,28,30H,4-6,9-12H2,1-3H3,(H,27,31)(H,29,32);3H,1H2,2H3;1-2H3;1H4;2*1H. The van der Waals surface area contributed by atoms with Gasteiger partial charge in [0.25, 0.3) is 5.91 Å². The van der Waals surface area contributed by atoms with Crippen LogP contribution in [0.25, 0.3) is 0 Å². The van der Waals surface area contributed by atoms with Gasteiger partial charge >= 0.3 is 0 Å². The minimum Gasteiger partial charge on any atom is -0.396 e. The summed E-state index contributed by atoms with van der Waals surface area (Å²) in [6, 6.07) is 4.34. The van der Waals surface area contributed by atoms with Gasteiger partial charge in [-0.3, -0.25) is 9.59 Å². The number of amides is 2. The van der Waals surface area contributed by atoms with Gasteiger partial charge < -0.3 is 26.0 Å². The Morgan fingerprint density at radius 1 is 1.28 bits per heavy atom. The molecular weight excluding hydrogens is 515 g/mol. The van der Waals surface area contributed by atoms with Gasteiger partial charge in [0.1, 0.15) is 5.82 Å². The lowest BCUT2D eigenvalue weighted by Crippen LogP contribution is -2.32. The molecule has 39 heavy (non-hydrogen) atoms. The number of unbranched alkanes of at least 4 members (excludes halogenated alkanes) is 1. The number of carbonyl (C=O) groups excluding carboxylic acids is 2. The lowest BCUT2D eigenvalue weighted by Gasteiger charge is -2.22. The zero-order valence-corrected chi connectivity index (χ0v) is 24.5. The number of benzene rings is 1. The van der Waals surface area contributed by atoms with Gasteiger partial charge in [-0.1, -0.05) is 34.3 Å². The number of likely N-dealkylation sites (N-methyl/N-ethyl adjacent to an activating group) is 1. The van der Waals surface area contributed by atoms with E-state index in [0.29, 0.717) is 36.3 Å². The summed E-state index contributed by atoms with van der Waals surface area (Å²) in [5, 5.41) is 17.8.